The molecule has 0 aliphatic rings. The summed E-state index contributed by atoms with van der Waals surface area (Å²) in [7, 11) is 0. The molecule has 0 aliphatic carbocycles. The first kappa shape index (κ1) is 14.7. The molecule has 0 radical (unpaired) electrons. The maximum Gasteiger partial charge on any atom is 0.325 e. The van der Waals surface area contributed by atoms with Gasteiger partial charge in [-0.1, -0.05) is 46.3 Å². The first-order valence-electron chi connectivity index (χ1n) is 6.03. The van der Waals surface area contributed by atoms with E-state index in [1.165, 1.54) is 12.1 Å². The third kappa shape index (κ3) is 3.65. The van der Waals surface area contributed by atoms with Gasteiger partial charge < -0.3 is 5.11 Å². The van der Waals surface area contributed by atoms with Gasteiger partial charge in [-0.15, -0.1) is 0 Å². The summed E-state index contributed by atoms with van der Waals surface area (Å²) in [6.07, 6.45) is 0. The standard InChI is InChI=1S/C15H13BrFNO2/c16-13-7-6-12(17)8-11(13)9-18-14(15(19)20)10-4-2-1-3-5-10/h1-8,14,18H,9H2,(H,19,20). The van der Waals surface area contributed by atoms with Crippen molar-refractivity contribution in [2.24, 2.45) is 0 Å². The Labute approximate surface area is 124 Å². The summed E-state index contributed by atoms with van der Waals surface area (Å²) < 4.78 is 13.9. The van der Waals surface area contributed by atoms with Gasteiger partial charge in [0.1, 0.15) is 11.9 Å². The molecular formula is C15H13BrFNO2. The number of carboxylic acid groups (broad SMARTS) is 1. The van der Waals surface area contributed by atoms with Gasteiger partial charge in [-0.2, -0.15) is 0 Å². The minimum atomic E-state index is -0.969. The fourth-order valence-electron chi connectivity index (χ4n) is 1.88. The van der Waals surface area contributed by atoms with Gasteiger partial charge in [0.25, 0.3) is 0 Å². The monoisotopic (exact) mass is 337 g/mol. The number of halogens is 2. The van der Waals surface area contributed by atoms with E-state index in [1.54, 1.807) is 30.3 Å². The number of benzene rings is 2. The van der Waals surface area contributed by atoms with Crippen molar-refractivity contribution in [2.45, 2.75) is 12.6 Å². The molecule has 20 heavy (non-hydrogen) atoms. The second-order valence-electron chi connectivity index (χ2n) is 4.30. The van der Waals surface area contributed by atoms with Crippen molar-refractivity contribution in [1.82, 2.24) is 5.32 Å². The zero-order chi connectivity index (χ0) is 14.5. The zero-order valence-electron chi connectivity index (χ0n) is 10.5. The number of hydrogen-bond acceptors (Lipinski definition) is 2. The van der Waals surface area contributed by atoms with Gasteiger partial charge in [0.2, 0.25) is 0 Å². The third-order valence-corrected chi connectivity index (χ3v) is 3.66. The summed E-state index contributed by atoms with van der Waals surface area (Å²) in [6.45, 7) is 0.254. The normalized spacial score (nSPS) is 12.1. The molecule has 1 unspecified atom stereocenters. The highest BCUT2D eigenvalue weighted by atomic mass is 79.9. The number of hydrogen-bond donors (Lipinski definition) is 2. The fourth-order valence-corrected chi connectivity index (χ4v) is 2.27. The molecule has 0 aliphatic heterocycles. The Morgan fingerprint density at radius 1 is 1.25 bits per heavy atom. The molecule has 1 atom stereocenters. The molecule has 2 N–H and O–H groups in total. The van der Waals surface area contributed by atoms with Crippen LogP contribution in [0, 0.1) is 5.82 Å². The van der Waals surface area contributed by atoms with Crippen molar-refractivity contribution in [3.05, 3.63) is 69.9 Å². The van der Waals surface area contributed by atoms with Crippen molar-refractivity contribution in [3.63, 3.8) is 0 Å². The van der Waals surface area contributed by atoms with Gasteiger partial charge >= 0.3 is 5.97 Å². The van der Waals surface area contributed by atoms with Crippen LogP contribution in [0.5, 0.6) is 0 Å². The maximum atomic E-state index is 13.2. The lowest BCUT2D eigenvalue weighted by molar-refractivity contribution is -0.139. The van der Waals surface area contributed by atoms with Crippen LogP contribution < -0.4 is 5.32 Å². The second kappa shape index (κ2) is 6.63. The lowest BCUT2D eigenvalue weighted by atomic mass is 10.1. The van der Waals surface area contributed by atoms with Gasteiger partial charge in [0.15, 0.2) is 0 Å². The second-order valence-corrected chi connectivity index (χ2v) is 5.15. The van der Waals surface area contributed by atoms with E-state index in [-0.39, 0.29) is 12.4 Å². The Balaban J connectivity index is 2.14. The highest BCUT2D eigenvalue weighted by molar-refractivity contribution is 9.10. The summed E-state index contributed by atoms with van der Waals surface area (Å²) in [5.74, 6) is -1.32. The molecular weight excluding hydrogens is 325 g/mol. The number of aliphatic carboxylic acids is 1. The van der Waals surface area contributed by atoms with Gasteiger partial charge in [-0.3, -0.25) is 10.1 Å². The molecule has 0 fully saturated rings. The Bertz CT molecular complexity index is 604. The predicted octanol–water partition coefficient (Wildman–Crippen LogP) is 3.50. The van der Waals surface area contributed by atoms with Gasteiger partial charge in [0, 0.05) is 11.0 Å². The number of rotatable bonds is 5. The average molecular weight is 338 g/mol. The van der Waals surface area contributed by atoms with Gasteiger partial charge in [-0.05, 0) is 29.3 Å². The van der Waals surface area contributed by atoms with Crippen LogP contribution in [0.15, 0.2) is 53.0 Å². The minimum absolute atomic E-state index is 0.254. The maximum absolute atomic E-state index is 13.2. The van der Waals surface area contributed by atoms with Crippen LogP contribution in [0.1, 0.15) is 17.2 Å². The summed E-state index contributed by atoms with van der Waals surface area (Å²) >= 11 is 3.32. The quantitative estimate of drug-likeness (QED) is 0.877. The molecule has 104 valence electrons. The molecule has 0 aromatic heterocycles. The molecule has 2 aromatic rings. The highest BCUT2D eigenvalue weighted by Gasteiger charge is 2.19. The summed E-state index contributed by atoms with van der Waals surface area (Å²) in [4.78, 5) is 11.3. The lowest BCUT2D eigenvalue weighted by Crippen LogP contribution is -2.28. The number of carboxylic acids is 1. The molecule has 2 rings (SSSR count). The Kier molecular flexibility index (Phi) is 4.87. The molecule has 0 spiro atoms. The van der Waals surface area contributed by atoms with Crippen LogP contribution in [-0.2, 0) is 11.3 Å². The minimum Gasteiger partial charge on any atom is -0.480 e. The van der Waals surface area contributed by atoms with Crippen molar-refractivity contribution >= 4 is 21.9 Å². The molecule has 0 heterocycles. The first-order chi connectivity index (χ1) is 9.58. The lowest BCUT2D eigenvalue weighted by Gasteiger charge is -2.15. The van der Waals surface area contributed by atoms with Crippen LogP contribution in [0.3, 0.4) is 0 Å². The third-order valence-electron chi connectivity index (χ3n) is 2.88. The van der Waals surface area contributed by atoms with Crippen LogP contribution in [0.2, 0.25) is 0 Å². The largest absolute Gasteiger partial charge is 0.480 e. The van der Waals surface area contributed by atoms with E-state index in [1.807, 2.05) is 6.07 Å². The molecule has 5 heteroatoms. The van der Waals surface area contributed by atoms with E-state index in [0.717, 1.165) is 4.47 Å². The van der Waals surface area contributed by atoms with Crippen molar-refractivity contribution in [1.29, 1.82) is 0 Å². The topological polar surface area (TPSA) is 49.3 Å². The van der Waals surface area contributed by atoms with Crippen LogP contribution in [-0.4, -0.2) is 11.1 Å². The van der Waals surface area contributed by atoms with Crippen LogP contribution in [0.25, 0.3) is 0 Å². The summed E-state index contributed by atoms with van der Waals surface area (Å²) in [5.41, 5.74) is 1.33. The Hall–Kier alpha value is -1.72. The van der Waals surface area contributed by atoms with E-state index >= 15 is 0 Å². The molecule has 3 nitrogen and oxygen atoms in total. The van der Waals surface area contributed by atoms with E-state index in [0.29, 0.717) is 11.1 Å². The van der Waals surface area contributed by atoms with E-state index in [4.69, 9.17) is 0 Å². The predicted molar refractivity (Wildman–Crippen MR) is 77.8 cm³/mol. The van der Waals surface area contributed by atoms with Gasteiger partial charge in [-0.25, -0.2) is 4.39 Å². The summed E-state index contributed by atoms with van der Waals surface area (Å²) in [5, 5.41) is 12.2. The van der Waals surface area contributed by atoms with Crippen molar-refractivity contribution in [2.75, 3.05) is 0 Å². The Morgan fingerprint density at radius 2 is 1.95 bits per heavy atom. The van der Waals surface area contributed by atoms with Crippen molar-refractivity contribution < 1.29 is 14.3 Å². The van der Waals surface area contributed by atoms with E-state index in [2.05, 4.69) is 21.2 Å². The molecule has 2 aromatic carbocycles. The first-order valence-corrected chi connectivity index (χ1v) is 6.82. The summed E-state index contributed by atoms with van der Waals surface area (Å²) in [6, 6.07) is 12.4. The average Bonchev–Trinajstić information content (AvgIpc) is 2.43. The molecule has 0 amide bonds. The SMILES string of the molecule is O=C(O)C(NCc1cc(F)ccc1Br)c1ccccc1. The molecule has 0 bridgehead atoms. The number of nitrogens with one attached hydrogen (secondary N) is 1. The van der Waals surface area contributed by atoms with Crippen LogP contribution >= 0.6 is 15.9 Å². The van der Waals surface area contributed by atoms with Crippen molar-refractivity contribution in [3.8, 4) is 0 Å². The Morgan fingerprint density at radius 3 is 2.60 bits per heavy atom. The molecule has 0 saturated carbocycles. The smallest absolute Gasteiger partial charge is 0.325 e. The molecule has 0 saturated heterocycles. The number of carbonyl (C=O) groups is 1. The fraction of sp³-hybridized carbons (Fsp3) is 0.133. The highest BCUT2D eigenvalue weighted by Crippen LogP contribution is 2.19. The zero-order valence-corrected chi connectivity index (χ0v) is 12.1. The van der Waals surface area contributed by atoms with E-state index in [9.17, 15) is 14.3 Å². The van der Waals surface area contributed by atoms with Crippen LogP contribution in [0.4, 0.5) is 4.39 Å². The van der Waals surface area contributed by atoms with E-state index < -0.39 is 12.0 Å². The van der Waals surface area contributed by atoms with Gasteiger partial charge in [0.05, 0.1) is 0 Å².